The summed E-state index contributed by atoms with van der Waals surface area (Å²) in [5.41, 5.74) is 0.0381. The molecule has 158 valence electrons. The van der Waals surface area contributed by atoms with Crippen molar-refractivity contribution in [2.24, 2.45) is 0 Å². The van der Waals surface area contributed by atoms with Crippen molar-refractivity contribution in [3.63, 3.8) is 0 Å². The number of hydrogen-bond donors (Lipinski definition) is 2. The van der Waals surface area contributed by atoms with E-state index in [1.54, 1.807) is 0 Å². The van der Waals surface area contributed by atoms with Crippen molar-refractivity contribution in [3.05, 3.63) is 18.1 Å². The van der Waals surface area contributed by atoms with Gasteiger partial charge in [-0.05, 0) is 12.5 Å². The van der Waals surface area contributed by atoms with Crippen LogP contribution in [-0.4, -0.2) is 47.0 Å². The van der Waals surface area contributed by atoms with Gasteiger partial charge in [0.2, 0.25) is 0 Å². The molecule has 2 rings (SSSR count). The summed E-state index contributed by atoms with van der Waals surface area (Å²) in [6.45, 7) is 9.85. The molecule has 28 heavy (non-hydrogen) atoms. The van der Waals surface area contributed by atoms with Crippen LogP contribution in [0.2, 0.25) is 25.7 Å². The Morgan fingerprint density at radius 3 is 2.61 bits per heavy atom. The molecule has 0 saturated carbocycles. The first-order chi connectivity index (χ1) is 13.0. The average Bonchev–Trinajstić information content (AvgIpc) is 2.96. The van der Waals surface area contributed by atoms with Crippen molar-refractivity contribution in [1.82, 2.24) is 14.5 Å². The lowest BCUT2D eigenvalue weighted by Gasteiger charge is -2.15. The molecule has 0 bridgehead atoms. The summed E-state index contributed by atoms with van der Waals surface area (Å²) in [6, 6.07) is 0.947. The number of anilines is 1. The maximum Gasteiger partial charge on any atom is 0.418 e. The molecule has 0 aliphatic heterocycles. The number of aliphatic hydroxyl groups excluding tert-OH is 1. The van der Waals surface area contributed by atoms with E-state index in [1.165, 1.54) is 17.1 Å². The van der Waals surface area contributed by atoms with Gasteiger partial charge in [0.25, 0.3) is 0 Å². The van der Waals surface area contributed by atoms with Gasteiger partial charge in [0, 0.05) is 33.0 Å². The Morgan fingerprint density at radius 1 is 1.29 bits per heavy atom. The minimum absolute atomic E-state index is 0.0664. The Kier molecular flexibility index (Phi) is 7.46. The van der Waals surface area contributed by atoms with Gasteiger partial charge in [0.15, 0.2) is 6.10 Å². The lowest BCUT2D eigenvalue weighted by Crippen LogP contribution is -2.22. The van der Waals surface area contributed by atoms with E-state index < -0.39 is 20.4 Å². The lowest BCUT2D eigenvalue weighted by molar-refractivity contribution is -0.206. The zero-order chi connectivity index (χ0) is 20.9. The van der Waals surface area contributed by atoms with Gasteiger partial charge in [-0.25, -0.2) is 9.97 Å². The van der Waals surface area contributed by atoms with Crippen LogP contribution in [-0.2, 0) is 11.5 Å². The standard InChI is InChI=1S/C18H29F3N4O2Si/c1-5-6-7-22-16-14-13(15(26)18(19,20)21)10-25(17(14)24-11-23-16)12-27-8-9-28(2,3)4/h10-11,15,26H,5-9,12H2,1-4H3,(H,22,23,24). The Hall–Kier alpha value is -1.65. The molecule has 1 atom stereocenters. The Morgan fingerprint density at radius 2 is 2.00 bits per heavy atom. The minimum atomic E-state index is -4.78. The molecule has 2 aromatic rings. The van der Waals surface area contributed by atoms with Crippen molar-refractivity contribution in [2.75, 3.05) is 18.5 Å². The van der Waals surface area contributed by atoms with Crippen LogP contribution in [0.3, 0.4) is 0 Å². The molecule has 10 heteroatoms. The predicted octanol–water partition coefficient (Wildman–Crippen LogP) is 4.55. The highest BCUT2D eigenvalue weighted by Gasteiger charge is 2.41. The van der Waals surface area contributed by atoms with Crippen molar-refractivity contribution in [1.29, 1.82) is 0 Å². The number of nitrogens with one attached hydrogen (secondary N) is 1. The monoisotopic (exact) mass is 418 g/mol. The second kappa shape index (κ2) is 9.23. The molecule has 2 heterocycles. The molecule has 1 unspecified atom stereocenters. The molecule has 2 aromatic heterocycles. The number of alkyl halides is 3. The molecule has 0 amide bonds. The largest absolute Gasteiger partial charge is 0.418 e. The molecule has 0 fully saturated rings. The molecule has 6 nitrogen and oxygen atoms in total. The van der Waals surface area contributed by atoms with Gasteiger partial charge in [-0.3, -0.25) is 0 Å². The van der Waals surface area contributed by atoms with E-state index in [4.69, 9.17) is 4.74 Å². The van der Waals surface area contributed by atoms with Gasteiger partial charge in [-0.15, -0.1) is 0 Å². The minimum Gasteiger partial charge on any atom is -0.379 e. The van der Waals surface area contributed by atoms with Crippen LogP contribution in [0.5, 0.6) is 0 Å². The van der Waals surface area contributed by atoms with E-state index >= 15 is 0 Å². The Labute approximate surface area is 164 Å². The van der Waals surface area contributed by atoms with Gasteiger partial charge in [-0.2, -0.15) is 13.2 Å². The Balaban J connectivity index is 2.35. The summed E-state index contributed by atoms with van der Waals surface area (Å²) in [7, 11) is -1.27. The first-order valence-corrected chi connectivity index (χ1v) is 13.2. The smallest absolute Gasteiger partial charge is 0.379 e. The van der Waals surface area contributed by atoms with Crippen molar-refractivity contribution in [3.8, 4) is 0 Å². The number of halogens is 3. The first-order valence-electron chi connectivity index (χ1n) is 9.44. The number of hydrogen-bond acceptors (Lipinski definition) is 5. The first kappa shape index (κ1) is 22.6. The molecule has 0 spiro atoms. The number of aliphatic hydroxyl groups is 1. The van der Waals surface area contributed by atoms with Crippen LogP contribution < -0.4 is 5.32 Å². The number of fused-ring (bicyclic) bond motifs is 1. The third kappa shape index (κ3) is 5.92. The van der Waals surface area contributed by atoms with Gasteiger partial charge in [-0.1, -0.05) is 33.0 Å². The summed E-state index contributed by atoms with van der Waals surface area (Å²) in [5, 5.41) is 13.1. The number of aromatic nitrogens is 3. The number of ether oxygens (including phenoxy) is 1. The van der Waals surface area contributed by atoms with Crippen molar-refractivity contribution < 1.29 is 23.0 Å². The summed E-state index contributed by atoms with van der Waals surface area (Å²) in [5.74, 6) is 0.289. The molecular weight excluding hydrogens is 389 g/mol. The highest BCUT2D eigenvalue weighted by molar-refractivity contribution is 6.76. The predicted molar refractivity (Wildman–Crippen MR) is 106 cm³/mol. The van der Waals surface area contributed by atoms with Gasteiger partial charge in [0.05, 0.1) is 5.39 Å². The molecular formula is C18H29F3N4O2Si. The van der Waals surface area contributed by atoms with E-state index in [-0.39, 0.29) is 23.5 Å². The summed E-state index contributed by atoms with van der Waals surface area (Å²) in [4.78, 5) is 8.24. The highest BCUT2D eigenvalue weighted by atomic mass is 28.3. The number of nitrogens with zero attached hydrogens (tertiary/aromatic N) is 3. The maximum absolute atomic E-state index is 13.2. The number of unbranched alkanes of at least 4 members (excludes halogenated alkanes) is 1. The molecule has 0 aliphatic carbocycles. The fourth-order valence-electron chi connectivity index (χ4n) is 2.69. The molecule has 0 radical (unpaired) electrons. The van der Waals surface area contributed by atoms with E-state index in [1.807, 2.05) is 6.92 Å². The normalized spacial score (nSPS) is 13.9. The van der Waals surface area contributed by atoms with Crippen LogP contribution >= 0.6 is 0 Å². The topological polar surface area (TPSA) is 72.2 Å². The van der Waals surface area contributed by atoms with Gasteiger partial charge < -0.3 is 19.7 Å². The fraction of sp³-hybridized carbons (Fsp3) is 0.667. The highest BCUT2D eigenvalue weighted by Crippen LogP contribution is 2.38. The summed E-state index contributed by atoms with van der Waals surface area (Å²) < 4.78 is 46.8. The van der Waals surface area contributed by atoms with E-state index in [9.17, 15) is 18.3 Å². The summed E-state index contributed by atoms with van der Waals surface area (Å²) in [6.07, 6.45) is -3.05. The molecule has 0 aromatic carbocycles. The van der Waals surface area contributed by atoms with Crippen LogP contribution in [0.15, 0.2) is 12.5 Å². The number of rotatable bonds is 10. The van der Waals surface area contributed by atoms with Crippen molar-refractivity contribution >= 4 is 24.9 Å². The second-order valence-electron chi connectivity index (χ2n) is 8.05. The maximum atomic E-state index is 13.2. The zero-order valence-corrected chi connectivity index (χ0v) is 17.8. The Bertz CT molecular complexity index is 775. The quantitative estimate of drug-likeness (QED) is 0.437. The van der Waals surface area contributed by atoms with Gasteiger partial charge >= 0.3 is 6.18 Å². The zero-order valence-electron chi connectivity index (χ0n) is 16.8. The lowest BCUT2D eigenvalue weighted by atomic mass is 10.1. The van der Waals surface area contributed by atoms with Crippen LogP contribution in [0, 0.1) is 0 Å². The van der Waals surface area contributed by atoms with E-state index in [2.05, 4.69) is 34.9 Å². The van der Waals surface area contributed by atoms with Crippen LogP contribution in [0.25, 0.3) is 11.0 Å². The molecule has 0 aliphatic rings. The van der Waals surface area contributed by atoms with Crippen LogP contribution in [0.1, 0.15) is 31.4 Å². The average molecular weight is 419 g/mol. The fourth-order valence-corrected chi connectivity index (χ4v) is 3.45. The summed E-state index contributed by atoms with van der Waals surface area (Å²) >= 11 is 0. The molecule has 0 saturated heterocycles. The molecule has 2 N–H and O–H groups in total. The van der Waals surface area contributed by atoms with Gasteiger partial charge in [0.1, 0.15) is 24.5 Å². The third-order valence-electron chi connectivity index (χ3n) is 4.34. The van der Waals surface area contributed by atoms with E-state index in [0.29, 0.717) is 18.8 Å². The van der Waals surface area contributed by atoms with E-state index in [0.717, 1.165) is 18.9 Å². The van der Waals surface area contributed by atoms with Crippen LogP contribution in [0.4, 0.5) is 19.0 Å². The van der Waals surface area contributed by atoms with Crippen molar-refractivity contribution in [2.45, 2.75) is 64.5 Å². The second-order valence-corrected chi connectivity index (χ2v) is 13.7. The third-order valence-corrected chi connectivity index (χ3v) is 6.04. The SMILES string of the molecule is CCCCNc1ncnc2c1c(C(O)C(F)(F)F)cn2COCC[Si](C)(C)C.